The molecule has 2 N–H and O–H groups in total. The van der Waals surface area contributed by atoms with Crippen LogP contribution in [0, 0.1) is 0 Å². The van der Waals surface area contributed by atoms with Crippen molar-refractivity contribution in [3.8, 4) is 0 Å². The maximum Gasteiger partial charge on any atom is 0.315 e. The summed E-state index contributed by atoms with van der Waals surface area (Å²) >= 11 is 0. The molecular weight excluding hydrogens is 324 g/mol. The van der Waals surface area contributed by atoms with Gasteiger partial charge in [0.1, 0.15) is 0 Å². The fourth-order valence-electron chi connectivity index (χ4n) is 2.69. The van der Waals surface area contributed by atoms with Gasteiger partial charge in [-0.3, -0.25) is 0 Å². The van der Waals surface area contributed by atoms with Crippen LogP contribution in [0.4, 0.5) is 10.5 Å². The molecule has 0 radical (unpaired) electrons. The van der Waals surface area contributed by atoms with Crippen molar-refractivity contribution < 1.29 is 4.79 Å². The zero-order valence-corrected chi connectivity index (χ0v) is 16.2. The van der Waals surface area contributed by atoms with Gasteiger partial charge in [0.05, 0.1) is 0 Å². The van der Waals surface area contributed by atoms with Gasteiger partial charge < -0.3 is 20.4 Å². The first-order valence-corrected chi connectivity index (χ1v) is 8.94. The van der Waals surface area contributed by atoms with Crippen molar-refractivity contribution >= 4 is 11.7 Å². The van der Waals surface area contributed by atoms with Crippen molar-refractivity contribution in [1.29, 1.82) is 0 Å². The molecule has 1 unspecified atom stereocenters. The topological polar surface area (TPSA) is 47.6 Å². The van der Waals surface area contributed by atoms with Gasteiger partial charge in [0, 0.05) is 38.9 Å². The Kier molecular flexibility index (Phi) is 7.48. The number of likely N-dealkylation sites (N-methyl/N-ethyl adjacent to an activating group) is 1. The predicted octanol–water partition coefficient (Wildman–Crippen LogP) is 2.72. The number of amides is 2. The molecular formula is C21H30N4O. The molecule has 5 heteroatoms. The van der Waals surface area contributed by atoms with Crippen LogP contribution < -0.4 is 15.5 Å². The quantitative estimate of drug-likeness (QED) is 0.766. The molecule has 0 heterocycles. The summed E-state index contributed by atoms with van der Waals surface area (Å²) in [4.78, 5) is 16.3. The molecule has 5 nitrogen and oxygen atoms in total. The molecule has 0 bridgehead atoms. The van der Waals surface area contributed by atoms with Crippen LogP contribution in [0.1, 0.15) is 11.1 Å². The Morgan fingerprint density at radius 3 is 2.12 bits per heavy atom. The van der Waals surface area contributed by atoms with Gasteiger partial charge in [-0.2, -0.15) is 0 Å². The van der Waals surface area contributed by atoms with Crippen LogP contribution in [0.2, 0.25) is 0 Å². The highest BCUT2D eigenvalue weighted by Crippen LogP contribution is 2.12. The summed E-state index contributed by atoms with van der Waals surface area (Å²) in [5.74, 6) is 0. The second-order valence-electron chi connectivity index (χ2n) is 6.93. The third kappa shape index (κ3) is 6.41. The fourth-order valence-corrected chi connectivity index (χ4v) is 2.69. The molecule has 0 fully saturated rings. The van der Waals surface area contributed by atoms with E-state index in [2.05, 4.69) is 44.7 Å². The number of nitrogens with one attached hydrogen (secondary N) is 2. The molecule has 1 atom stereocenters. The number of rotatable bonds is 8. The maximum atomic E-state index is 12.1. The predicted molar refractivity (Wildman–Crippen MR) is 109 cm³/mol. The Balaban J connectivity index is 1.78. The Morgan fingerprint density at radius 1 is 0.885 bits per heavy atom. The number of anilines is 1. The molecule has 26 heavy (non-hydrogen) atoms. The first-order chi connectivity index (χ1) is 12.5. The van der Waals surface area contributed by atoms with E-state index in [4.69, 9.17) is 0 Å². The highest BCUT2D eigenvalue weighted by atomic mass is 16.2. The number of carbonyl (C=O) groups is 1. The summed E-state index contributed by atoms with van der Waals surface area (Å²) in [6.07, 6.45) is 0.903. The van der Waals surface area contributed by atoms with Gasteiger partial charge in [-0.05, 0) is 43.8 Å². The van der Waals surface area contributed by atoms with E-state index in [1.165, 1.54) is 5.56 Å². The van der Waals surface area contributed by atoms with Gasteiger partial charge in [0.2, 0.25) is 0 Å². The van der Waals surface area contributed by atoms with E-state index in [9.17, 15) is 4.79 Å². The molecule has 2 amide bonds. The Hall–Kier alpha value is -2.53. The van der Waals surface area contributed by atoms with E-state index in [0.29, 0.717) is 13.1 Å². The summed E-state index contributed by atoms with van der Waals surface area (Å²) in [7, 11) is 8.10. The zero-order chi connectivity index (χ0) is 18.9. The van der Waals surface area contributed by atoms with E-state index >= 15 is 0 Å². The van der Waals surface area contributed by atoms with Gasteiger partial charge >= 0.3 is 6.03 Å². The van der Waals surface area contributed by atoms with Gasteiger partial charge in [0.15, 0.2) is 0 Å². The van der Waals surface area contributed by atoms with Crippen molar-refractivity contribution in [2.24, 2.45) is 0 Å². The van der Waals surface area contributed by atoms with Crippen molar-refractivity contribution in [3.63, 3.8) is 0 Å². The van der Waals surface area contributed by atoms with E-state index in [1.807, 2.05) is 58.5 Å². The number of benzene rings is 2. The minimum absolute atomic E-state index is 0.137. The highest BCUT2D eigenvalue weighted by molar-refractivity contribution is 5.73. The second-order valence-corrected chi connectivity index (χ2v) is 6.93. The summed E-state index contributed by atoms with van der Waals surface area (Å²) in [5, 5.41) is 5.91. The summed E-state index contributed by atoms with van der Waals surface area (Å²) in [5.41, 5.74) is 3.50. The van der Waals surface area contributed by atoms with Crippen LogP contribution in [0.25, 0.3) is 0 Å². The van der Waals surface area contributed by atoms with E-state index < -0.39 is 0 Å². The van der Waals surface area contributed by atoms with Crippen LogP contribution in [0.5, 0.6) is 0 Å². The Labute approximate surface area is 157 Å². The summed E-state index contributed by atoms with van der Waals surface area (Å²) in [6, 6.07) is 18.6. The number of nitrogens with zero attached hydrogens (tertiary/aromatic N) is 2. The number of urea groups is 1. The molecule has 2 rings (SSSR count). The Bertz CT molecular complexity index is 668. The molecule has 0 aromatic heterocycles. The summed E-state index contributed by atoms with van der Waals surface area (Å²) in [6.45, 7) is 1.12. The lowest BCUT2D eigenvalue weighted by molar-refractivity contribution is 0.231. The van der Waals surface area contributed by atoms with Gasteiger partial charge in [-0.15, -0.1) is 0 Å². The van der Waals surface area contributed by atoms with Crippen LogP contribution in [0.3, 0.4) is 0 Å². The standard InChI is InChI=1S/C21H30N4O/c1-24(2)19-12-10-18(11-13-19)15-22-21(26)23-16-20(25(3)4)14-17-8-6-5-7-9-17/h5-13,20H,14-16H2,1-4H3,(H2,22,23,26). The maximum absolute atomic E-state index is 12.1. The first kappa shape index (κ1) is 19.8. The molecule has 2 aromatic rings. The number of carbonyl (C=O) groups excluding carboxylic acids is 1. The second kappa shape index (κ2) is 9.82. The lowest BCUT2D eigenvalue weighted by Crippen LogP contribution is -2.44. The first-order valence-electron chi connectivity index (χ1n) is 8.94. The molecule has 0 spiro atoms. The third-order valence-electron chi connectivity index (χ3n) is 4.45. The van der Waals surface area contributed by atoms with Crippen molar-refractivity contribution in [1.82, 2.24) is 15.5 Å². The van der Waals surface area contributed by atoms with E-state index in [0.717, 1.165) is 17.7 Å². The largest absolute Gasteiger partial charge is 0.378 e. The molecule has 0 aliphatic carbocycles. The van der Waals surface area contributed by atoms with Gasteiger partial charge in [-0.25, -0.2) is 4.79 Å². The smallest absolute Gasteiger partial charge is 0.315 e. The normalized spacial score (nSPS) is 11.9. The molecule has 0 aliphatic rings. The van der Waals surface area contributed by atoms with E-state index in [-0.39, 0.29) is 12.1 Å². The average Bonchev–Trinajstić information content (AvgIpc) is 2.64. The Morgan fingerprint density at radius 2 is 1.54 bits per heavy atom. The van der Waals surface area contributed by atoms with Gasteiger partial charge in [0.25, 0.3) is 0 Å². The molecule has 0 saturated heterocycles. The minimum Gasteiger partial charge on any atom is -0.378 e. The lowest BCUT2D eigenvalue weighted by atomic mass is 10.1. The summed E-state index contributed by atoms with van der Waals surface area (Å²) < 4.78 is 0. The lowest BCUT2D eigenvalue weighted by Gasteiger charge is -2.25. The third-order valence-corrected chi connectivity index (χ3v) is 4.45. The van der Waals surface area contributed by atoms with Crippen LogP contribution >= 0.6 is 0 Å². The molecule has 0 saturated carbocycles. The van der Waals surface area contributed by atoms with Crippen LogP contribution in [-0.4, -0.2) is 51.7 Å². The zero-order valence-electron chi connectivity index (χ0n) is 16.2. The van der Waals surface area contributed by atoms with Crippen molar-refractivity contribution in [2.45, 2.75) is 19.0 Å². The SMILES string of the molecule is CN(C)c1ccc(CNC(=O)NCC(Cc2ccccc2)N(C)C)cc1. The van der Waals surface area contributed by atoms with E-state index in [1.54, 1.807) is 0 Å². The molecule has 0 aliphatic heterocycles. The molecule has 2 aromatic carbocycles. The number of hydrogen-bond acceptors (Lipinski definition) is 3. The number of hydrogen-bond donors (Lipinski definition) is 2. The average molecular weight is 354 g/mol. The van der Waals surface area contributed by atoms with Crippen molar-refractivity contribution in [2.75, 3.05) is 39.6 Å². The highest BCUT2D eigenvalue weighted by Gasteiger charge is 2.13. The van der Waals surface area contributed by atoms with Crippen LogP contribution in [0.15, 0.2) is 54.6 Å². The van der Waals surface area contributed by atoms with Crippen LogP contribution in [-0.2, 0) is 13.0 Å². The molecule has 140 valence electrons. The van der Waals surface area contributed by atoms with Crippen molar-refractivity contribution in [3.05, 3.63) is 65.7 Å². The minimum atomic E-state index is -0.137. The fraction of sp³-hybridized carbons (Fsp3) is 0.381. The monoisotopic (exact) mass is 354 g/mol. The van der Waals surface area contributed by atoms with Gasteiger partial charge in [-0.1, -0.05) is 42.5 Å².